The lowest BCUT2D eigenvalue weighted by molar-refractivity contribution is -0.917. The quantitative estimate of drug-likeness (QED) is 0.729. The van der Waals surface area contributed by atoms with Crippen molar-refractivity contribution in [2.45, 2.75) is 31.8 Å². The first-order valence-electron chi connectivity index (χ1n) is 9.03. The molecule has 1 unspecified atom stereocenters. The summed E-state index contributed by atoms with van der Waals surface area (Å²) in [5.74, 6) is 1.02. The number of methoxy groups -OCH3 is 1. The number of ether oxygens (including phenoxy) is 1. The van der Waals surface area contributed by atoms with Gasteiger partial charge in [0, 0.05) is 24.9 Å². The van der Waals surface area contributed by atoms with E-state index in [1.165, 1.54) is 28.9 Å². The number of carbonyl (C=O) groups is 1. The molecule has 4 heteroatoms. The third-order valence-corrected chi connectivity index (χ3v) is 4.71. The Morgan fingerprint density at radius 2 is 1.80 bits per heavy atom. The molecule has 0 aromatic heterocycles. The van der Waals surface area contributed by atoms with Crippen LogP contribution in [0.2, 0.25) is 0 Å². The lowest BCUT2D eigenvalue weighted by Crippen LogP contribution is -3.13. The normalized spacial score (nSPS) is 14.8. The van der Waals surface area contributed by atoms with Crippen molar-refractivity contribution in [3.05, 3.63) is 65.7 Å². The van der Waals surface area contributed by atoms with Crippen molar-refractivity contribution in [1.29, 1.82) is 0 Å². The molecule has 0 saturated heterocycles. The van der Waals surface area contributed by atoms with Gasteiger partial charge in [-0.25, -0.2) is 0 Å². The minimum atomic E-state index is 0.145. The Hall–Kier alpha value is -2.33. The molecule has 0 spiro atoms. The van der Waals surface area contributed by atoms with Gasteiger partial charge in [-0.1, -0.05) is 30.3 Å². The van der Waals surface area contributed by atoms with Crippen LogP contribution in [0.1, 0.15) is 24.0 Å². The summed E-state index contributed by atoms with van der Waals surface area (Å²) in [6.07, 6.45) is 3.33. The van der Waals surface area contributed by atoms with Crippen LogP contribution in [0.25, 0.3) is 0 Å². The molecular formula is C21H27N2O2+. The summed E-state index contributed by atoms with van der Waals surface area (Å²) in [5, 5.41) is 3.07. The third kappa shape index (κ3) is 5.61. The molecule has 1 atom stereocenters. The van der Waals surface area contributed by atoms with Crippen LogP contribution in [0, 0.1) is 0 Å². The highest BCUT2D eigenvalue weighted by Gasteiger charge is 2.34. The van der Waals surface area contributed by atoms with E-state index in [9.17, 15) is 4.79 Å². The fourth-order valence-electron chi connectivity index (χ4n) is 3.11. The van der Waals surface area contributed by atoms with Gasteiger partial charge in [-0.15, -0.1) is 0 Å². The molecule has 1 saturated carbocycles. The first-order chi connectivity index (χ1) is 12.2. The van der Waals surface area contributed by atoms with Crippen LogP contribution < -0.4 is 15.0 Å². The van der Waals surface area contributed by atoms with E-state index >= 15 is 0 Å². The first kappa shape index (κ1) is 17.5. The molecule has 132 valence electrons. The van der Waals surface area contributed by atoms with E-state index in [0.717, 1.165) is 18.7 Å². The van der Waals surface area contributed by atoms with Gasteiger partial charge in [0.1, 0.15) is 12.3 Å². The maximum Gasteiger partial charge on any atom is 0.275 e. The highest BCUT2D eigenvalue weighted by molar-refractivity contribution is 5.76. The highest BCUT2D eigenvalue weighted by Crippen LogP contribution is 2.16. The number of hydrogen-bond acceptors (Lipinski definition) is 2. The monoisotopic (exact) mass is 339 g/mol. The Morgan fingerprint density at radius 3 is 2.44 bits per heavy atom. The van der Waals surface area contributed by atoms with Crippen molar-refractivity contribution in [1.82, 2.24) is 5.32 Å². The zero-order valence-corrected chi connectivity index (χ0v) is 14.8. The molecule has 0 bridgehead atoms. The summed E-state index contributed by atoms with van der Waals surface area (Å²) in [5.41, 5.74) is 2.51. The molecule has 1 aliphatic carbocycles. The van der Waals surface area contributed by atoms with Crippen molar-refractivity contribution >= 4 is 5.91 Å². The minimum absolute atomic E-state index is 0.145. The van der Waals surface area contributed by atoms with Crippen LogP contribution in [0.15, 0.2) is 54.6 Å². The second-order valence-electron chi connectivity index (χ2n) is 6.72. The van der Waals surface area contributed by atoms with Crippen molar-refractivity contribution in [3.63, 3.8) is 0 Å². The van der Waals surface area contributed by atoms with E-state index in [-0.39, 0.29) is 5.91 Å². The van der Waals surface area contributed by atoms with Gasteiger partial charge >= 0.3 is 0 Å². The minimum Gasteiger partial charge on any atom is -0.497 e. The highest BCUT2D eigenvalue weighted by atomic mass is 16.5. The van der Waals surface area contributed by atoms with Crippen LogP contribution in [0.5, 0.6) is 5.75 Å². The average molecular weight is 339 g/mol. The fourth-order valence-corrected chi connectivity index (χ4v) is 3.11. The van der Waals surface area contributed by atoms with Gasteiger partial charge in [0.15, 0.2) is 6.54 Å². The third-order valence-electron chi connectivity index (χ3n) is 4.71. The lowest BCUT2D eigenvalue weighted by Gasteiger charge is -2.19. The molecule has 0 heterocycles. The first-order valence-corrected chi connectivity index (χ1v) is 9.03. The van der Waals surface area contributed by atoms with Crippen LogP contribution in [0.3, 0.4) is 0 Å². The van der Waals surface area contributed by atoms with Gasteiger partial charge < -0.3 is 15.0 Å². The predicted octanol–water partition coefficient (Wildman–Crippen LogP) is 1.60. The molecule has 1 amide bonds. The number of amides is 1. The largest absolute Gasteiger partial charge is 0.497 e. The predicted molar refractivity (Wildman–Crippen MR) is 98.7 cm³/mol. The van der Waals surface area contributed by atoms with E-state index in [0.29, 0.717) is 19.1 Å². The fraction of sp³-hybridized carbons (Fsp3) is 0.381. The summed E-state index contributed by atoms with van der Waals surface area (Å²) in [6, 6.07) is 19.0. The smallest absolute Gasteiger partial charge is 0.275 e. The van der Waals surface area contributed by atoms with E-state index < -0.39 is 0 Å². The van der Waals surface area contributed by atoms with Gasteiger partial charge in [0.05, 0.1) is 13.2 Å². The second kappa shape index (κ2) is 8.67. The van der Waals surface area contributed by atoms with Crippen molar-refractivity contribution in [2.75, 3.05) is 20.2 Å². The maximum absolute atomic E-state index is 12.3. The molecule has 0 aliphatic heterocycles. The van der Waals surface area contributed by atoms with Gasteiger partial charge in [-0.3, -0.25) is 4.79 Å². The number of quaternary nitrogens is 1. The van der Waals surface area contributed by atoms with E-state index in [1.807, 2.05) is 30.3 Å². The van der Waals surface area contributed by atoms with E-state index in [2.05, 4.69) is 29.6 Å². The van der Waals surface area contributed by atoms with Gasteiger partial charge in [0.2, 0.25) is 0 Å². The van der Waals surface area contributed by atoms with Gasteiger partial charge in [0.25, 0.3) is 5.91 Å². The summed E-state index contributed by atoms with van der Waals surface area (Å²) in [7, 11) is 1.68. The zero-order chi connectivity index (χ0) is 17.5. The maximum atomic E-state index is 12.3. The van der Waals surface area contributed by atoms with Gasteiger partial charge in [-0.05, 0) is 36.2 Å². The number of nitrogens with one attached hydrogen (secondary N) is 2. The van der Waals surface area contributed by atoms with Crippen LogP contribution >= 0.6 is 0 Å². The SMILES string of the molecule is COc1ccc(C[NH+](CC(=O)NCCc2ccccc2)C2CC2)cc1. The Kier molecular flexibility index (Phi) is 6.07. The molecule has 2 aromatic rings. The summed E-state index contributed by atoms with van der Waals surface area (Å²) in [4.78, 5) is 13.7. The standard InChI is InChI=1S/C21H26N2O2/c1-25-20-11-7-18(8-12-20)15-23(19-9-10-19)16-21(24)22-14-13-17-5-3-2-4-6-17/h2-8,11-12,19H,9-10,13-16H2,1H3,(H,22,24)/p+1. The molecule has 0 radical (unpaired) electrons. The molecule has 4 nitrogen and oxygen atoms in total. The van der Waals surface area contributed by atoms with E-state index in [1.54, 1.807) is 7.11 Å². The van der Waals surface area contributed by atoms with Crippen LogP contribution in [-0.2, 0) is 17.8 Å². The number of rotatable bonds is 9. The van der Waals surface area contributed by atoms with Crippen LogP contribution in [-0.4, -0.2) is 32.1 Å². The summed E-state index contributed by atoms with van der Waals surface area (Å²) >= 11 is 0. The number of carbonyl (C=O) groups excluding carboxylic acids is 1. The van der Waals surface area contributed by atoms with Crippen LogP contribution in [0.4, 0.5) is 0 Å². The number of benzene rings is 2. The molecule has 2 N–H and O–H groups in total. The lowest BCUT2D eigenvalue weighted by atomic mass is 10.1. The molecule has 3 rings (SSSR count). The summed E-state index contributed by atoms with van der Waals surface area (Å²) in [6.45, 7) is 2.13. The molecule has 1 aliphatic rings. The topological polar surface area (TPSA) is 42.8 Å². The Balaban J connectivity index is 1.46. The van der Waals surface area contributed by atoms with Crippen molar-refractivity contribution in [2.24, 2.45) is 0 Å². The Morgan fingerprint density at radius 1 is 1.08 bits per heavy atom. The molecular weight excluding hydrogens is 312 g/mol. The van der Waals surface area contributed by atoms with Crippen molar-refractivity contribution < 1.29 is 14.4 Å². The summed E-state index contributed by atoms with van der Waals surface area (Å²) < 4.78 is 5.21. The Labute approximate surface area is 149 Å². The van der Waals surface area contributed by atoms with Gasteiger partial charge in [-0.2, -0.15) is 0 Å². The average Bonchev–Trinajstić information content (AvgIpc) is 3.48. The Bertz CT molecular complexity index is 666. The van der Waals surface area contributed by atoms with E-state index in [4.69, 9.17) is 4.74 Å². The second-order valence-corrected chi connectivity index (χ2v) is 6.72. The zero-order valence-electron chi connectivity index (χ0n) is 14.8. The molecule has 2 aromatic carbocycles. The molecule has 1 fully saturated rings. The number of hydrogen-bond donors (Lipinski definition) is 2. The molecule has 25 heavy (non-hydrogen) atoms. The van der Waals surface area contributed by atoms with Crippen molar-refractivity contribution in [3.8, 4) is 5.75 Å².